The van der Waals surface area contributed by atoms with Crippen molar-refractivity contribution in [3.8, 4) is 67.9 Å². The van der Waals surface area contributed by atoms with Crippen molar-refractivity contribution >= 4 is 17.7 Å². The molecule has 22 heteroatoms. The van der Waals surface area contributed by atoms with Gasteiger partial charge in [-0.1, -0.05) is 60.7 Å². The Morgan fingerprint density at radius 3 is 1.07 bits per heavy atom. The molecule has 15 rings (SSSR count). The molecule has 0 N–H and O–H groups in total. The molecule has 0 saturated heterocycles. The summed E-state index contributed by atoms with van der Waals surface area (Å²) in [5.41, 5.74) is 10.9. The molecule has 0 bridgehead atoms. The lowest BCUT2D eigenvalue weighted by atomic mass is 10.1. The zero-order valence-electron chi connectivity index (χ0n) is 52.9. The predicted octanol–water partition coefficient (Wildman–Crippen LogP) is 13.7. The average Bonchev–Trinajstić information content (AvgIpc) is 1.68. The molecule has 0 atom stereocenters. The number of aromatic nitrogens is 9. The molecule has 9 heterocycles. The van der Waals surface area contributed by atoms with Gasteiger partial charge in [0.15, 0.2) is 17.7 Å². The Hall–Kier alpha value is -11.3. The van der Waals surface area contributed by atoms with Crippen molar-refractivity contribution in [3.05, 3.63) is 250 Å². The molecule has 0 spiro atoms. The number of imidazole rings is 3. The summed E-state index contributed by atoms with van der Waals surface area (Å²) in [5, 5.41) is 0. The maximum atomic E-state index is 13.8. The second kappa shape index (κ2) is 26.4. The van der Waals surface area contributed by atoms with E-state index >= 15 is 0 Å². The average molecular weight is 1280 g/mol. The fraction of sp³-hybridized carbons (Fsp3) is 0.219. The second-order valence-corrected chi connectivity index (χ2v) is 23.7. The van der Waals surface area contributed by atoms with Crippen molar-refractivity contribution in [3.63, 3.8) is 0 Å². The molecule has 0 unspecified atom stereocenters. The van der Waals surface area contributed by atoms with Crippen molar-refractivity contribution in [2.45, 2.75) is 100 Å². The molecule has 3 amide bonds. The number of carbonyl (C=O) groups is 3. The van der Waals surface area contributed by atoms with Crippen molar-refractivity contribution in [1.29, 1.82) is 0 Å². The SMILES string of the molecule is Cc1nc2c(o1)CCN(C(=O)Cn1cc(-c3ccc(F)c(C)c3)nc1-c1ccccc1)C2.Cc1nc2c(o1)CN(C(=O)Cn1cc(-c3ccc(F)c(C)c3)nc1-c1ccc(F)cc1)C2.Cc1nc2c(o1)CN(C(=O)Cn1cc(-c3ccc(F)c(C)c3)nc1-c1ccccc1)C2. The van der Waals surface area contributed by atoms with E-state index in [0.717, 1.165) is 56.4 Å². The Labute approximate surface area is 543 Å². The van der Waals surface area contributed by atoms with Gasteiger partial charge in [0.05, 0.1) is 49.8 Å². The van der Waals surface area contributed by atoms with E-state index in [1.807, 2.05) is 89.1 Å². The number of fused-ring (bicyclic) bond motifs is 3. The van der Waals surface area contributed by atoms with Crippen LogP contribution in [0.4, 0.5) is 17.6 Å². The lowest BCUT2D eigenvalue weighted by Gasteiger charge is -2.25. The first-order valence-electron chi connectivity index (χ1n) is 30.9. The van der Waals surface area contributed by atoms with Gasteiger partial charge in [0, 0.05) is 85.7 Å². The van der Waals surface area contributed by atoms with E-state index in [9.17, 15) is 31.9 Å². The van der Waals surface area contributed by atoms with Crippen LogP contribution in [0.3, 0.4) is 0 Å². The number of halogens is 4. The number of rotatable bonds is 12. The van der Waals surface area contributed by atoms with Crippen molar-refractivity contribution in [1.82, 2.24) is 58.3 Å². The molecule has 0 saturated carbocycles. The first-order valence-corrected chi connectivity index (χ1v) is 30.9. The summed E-state index contributed by atoms with van der Waals surface area (Å²) in [6.45, 7) is 13.6. The summed E-state index contributed by atoms with van der Waals surface area (Å²) < 4.78 is 76.9. The van der Waals surface area contributed by atoms with Crippen molar-refractivity contribution < 1.29 is 45.2 Å². The Bertz CT molecular complexity index is 4810. The van der Waals surface area contributed by atoms with Crippen molar-refractivity contribution in [2.24, 2.45) is 0 Å². The Kier molecular flexibility index (Phi) is 17.4. The molecule has 6 aromatic carbocycles. The Balaban J connectivity index is 0.000000129. The molecule has 95 heavy (non-hydrogen) atoms. The maximum Gasteiger partial charge on any atom is 0.243 e. The third-order valence-electron chi connectivity index (χ3n) is 16.8. The fourth-order valence-corrected chi connectivity index (χ4v) is 11.9. The monoisotopic (exact) mass is 1280 g/mol. The van der Waals surface area contributed by atoms with E-state index in [0.29, 0.717) is 126 Å². The molecule has 0 aliphatic carbocycles. The second-order valence-electron chi connectivity index (χ2n) is 23.7. The number of nitrogens with zero attached hydrogens (tertiary/aromatic N) is 12. The number of aryl methyl sites for hydroxylation is 6. The number of hydrogen-bond donors (Lipinski definition) is 0. The van der Waals surface area contributed by atoms with E-state index in [1.54, 1.807) is 109 Å². The molecule has 0 radical (unpaired) electrons. The minimum absolute atomic E-state index is 0.00674. The summed E-state index contributed by atoms with van der Waals surface area (Å²) in [6, 6.07) is 40.0. The van der Waals surface area contributed by atoms with E-state index in [4.69, 9.17) is 23.2 Å². The molecule has 0 fully saturated rings. The predicted molar refractivity (Wildman–Crippen MR) is 345 cm³/mol. The molecular formula is C73H64F4N12O6. The molecule has 3 aliphatic heterocycles. The van der Waals surface area contributed by atoms with Gasteiger partial charge in [0.1, 0.15) is 94.7 Å². The molecule has 6 aromatic heterocycles. The van der Waals surface area contributed by atoms with Crippen LogP contribution in [-0.2, 0) is 73.2 Å². The van der Waals surface area contributed by atoms with Crippen LogP contribution in [-0.4, -0.2) is 82.6 Å². The van der Waals surface area contributed by atoms with Gasteiger partial charge in [-0.2, -0.15) is 0 Å². The molecule has 18 nitrogen and oxygen atoms in total. The van der Waals surface area contributed by atoms with Crippen LogP contribution < -0.4 is 0 Å². The summed E-state index contributed by atoms with van der Waals surface area (Å²) in [5.74, 6) is 4.78. The topological polar surface area (TPSA) is 192 Å². The number of benzene rings is 6. The van der Waals surface area contributed by atoms with Crippen LogP contribution in [0, 0.1) is 64.8 Å². The normalized spacial score (nSPS) is 13.1. The summed E-state index contributed by atoms with van der Waals surface area (Å²) in [6.07, 6.45) is 6.14. The van der Waals surface area contributed by atoms with Gasteiger partial charge in [0.25, 0.3) is 0 Å². The summed E-state index contributed by atoms with van der Waals surface area (Å²) in [4.78, 5) is 71.8. The third-order valence-corrected chi connectivity index (χ3v) is 16.8. The zero-order chi connectivity index (χ0) is 66.2. The van der Waals surface area contributed by atoms with Gasteiger partial charge < -0.3 is 41.7 Å². The standard InChI is InChI=1S/C25H23FN4O2.C24H20F2N4O2.C24H21FN4O2/c1-16-12-19(8-9-20(16)26)21-13-30(25(28-21)18-6-4-3-5-7-18)15-24(31)29-11-10-23-22(14-29)27-17(2)32-23;1-14-9-17(5-8-19(14)26)20-10-30(24(28-20)16-3-6-18(25)7-4-16)13-23(31)29-11-21-22(12-29)32-15(2)27-21;1-15-10-18(8-9-19(15)25)20-11-29(24(27-20)17-6-4-3-5-7-17)14-23(30)28-12-21-22(13-28)31-16(2)26-21/h3-9,12-13H,10-11,14-15H2,1-2H3;3-10H,11-13H2,1-2H3;3-11H,12-14H2,1-2H3. The first-order chi connectivity index (χ1) is 45.8. The largest absolute Gasteiger partial charge is 0.446 e. The Morgan fingerprint density at radius 2 is 0.705 bits per heavy atom. The molecule has 3 aliphatic rings. The lowest BCUT2D eigenvalue weighted by molar-refractivity contribution is -0.133. The van der Waals surface area contributed by atoms with E-state index in [-0.39, 0.29) is 60.6 Å². The van der Waals surface area contributed by atoms with Gasteiger partial charge in [-0.25, -0.2) is 47.5 Å². The minimum Gasteiger partial charge on any atom is -0.446 e. The van der Waals surface area contributed by atoms with Crippen LogP contribution in [0.25, 0.3) is 67.9 Å². The Morgan fingerprint density at radius 1 is 0.379 bits per heavy atom. The van der Waals surface area contributed by atoms with E-state index in [2.05, 4.69) is 19.9 Å². The summed E-state index contributed by atoms with van der Waals surface area (Å²) in [7, 11) is 0. The van der Waals surface area contributed by atoms with E-state index in [1.165, 1.54) is 30.3 Å². The van der Waals surface area contributed by atoms with Gasteiger partial charge in [0.2, 0.25) is 17.7 Å². The van der Waals surface area contributed by atoms with Gasteiger partial charge in [-0.15, -0.1) is 0 Å². The quantitative estimate of drug-likeness (QED) is 0.105. The highest BCUT2D eigenvalue weighted by Crippen LogP contribution is 2.33. The number of carbonyl (C=O) groups excluding carboxylic acids is 3. The van der Waals surface area contributed by atoms with Crippen LogP contribution in [0.5, 0.6) is 0 Å². The highest BCUT2D eigenvalue weighted by molar-refractivity contribution is 5.80. The zero-order valence-corrected chi connectivity index (χ0v) is 52.9. The highest BCUT2D eigenvalue weighted by Gasteiger charge is 2.32. The van der Waals surface area contributed by atoms with Crippen molar-refractivity contribution in [2.75, 3.05) is 6.54 Å². The van der Waals surface area contributed by atoms with E-state index < -0.39 is 0 Å². The number of hydrogen-bond acceptors (Lipinski definition) is 12. The molecular weight excluding hydrogens is 1220 g/mol. The van der Waals surface area contributed by atoms with Crippen LogP contribution in [0.2, 0.25) is 0 Å². The first kappa shape index (κ1) is 62.5. The maximum absolute atomic E-state index is 13.8. The molecule has 480 valence electrons. The van der Waals surface area contributed by atoms with Gasteiger partial charge >= 0.3 is 0 Å². The van der Waals surface area contributed by atoms with Crippen LogP contribution >= 0.6 is 0 Å². The third kappa shape index (κ3) is 13.6. The smallest absolute Gasteiger partial charge is 0.243 e. The molecule has 12 aromatic rings. The van der Waals surface area contributed by atoms with Crippen LogP contribution in [0.15, 0.2) is 171 Å². The number of oxazole rings is 3. The highest BCUT2D eigenvalue weighted by atomic mass is 19.1. The fourth-order valence-electron chi connectivity index (χ4n) is 11.9. The lowest BCUT2D eigenvalue weighted by Crippen LogP contribution is -2.37. The van der Waals surface area contributed by atoms with Gasteiger partial charge in [-0.3, -0.25) is 14.4 Å². The van der Waals surface area contributed by atoms with Gasteiger partial charge in [-0.05, 0) is 116 Å². The minimum atomic E-state index is -0.356. The number of amides is 3. The summed E-state index contributed by atoms with van der Waals surface area (Å²) >= 11 is 0. The van der Waals surface area contributed by atoms with Crippen LogP contribution in [0.1, 0.15) is 68.7 Å².